The van der Waals surface area contributed by atoms with Crippen LogP contribution in [0.3, 0.4) is 0 Å². The van der Waals surface area contributed by atoms with Crippen LogP contribution in [-0.4, -0.2) is 44.1 Å². The first kappa shape index (κ1) is 21.1. The third kappa shape index (κ3) is 4.30. The lowest BCUT2D eigenvalue weighted by Crippen LogP contribution is -2.50. The van der Waals surface area contributed by atoms with Crippen LogP contribution in [0.5, 0.6) is 0 Å². The van der Waals surface area contributed by atoms with E-state index in [1.54, 1.807) is 0 Å². The van der Waals surface area contributed by atoms with Gasteiger partial charge in [0.25, 0.3) is 0 Å². The van der Waals surface area contributed by atoms with Gasteiger partial charge in [0.1, 0.15) is 0 Å². The first-order valence-corrected chi connectivity index (χ1v) is 12.5. The number of carbonyl (C=O) groups is 1. The average Bonchev–Trinajstić information content (AvgIpc) is 3.43. The number of carbonyl (C=O) groups excluding carboxylic acids is 1. The lowest BCUT2D eigenvalue weighted by Gasteiger charge is -2.30. The van der Waals surface area contributed by atoms with Crippen molar-refractivity contribution in [2.75, 3.05) is 12.8 Å². The van der Waals surface area contributed by atoms with Gasteiger partial charge in [-0.1, -0.05) is 68.4 Å². The standard InChI is InChI=1S/C24H30N2O3S/c1-17(2)23(27)26-16-24(12-13-24)22(25-30(3,28)29)21(26)15-18-8-7-11-20(14-18)19-9-5-4-6-10-19/h4-11,14,17,21-22,25H,12-13,15-16H2,1-3H3. The van der Waals surface area contributed by atoms with Crippen LogP contribution in [-0.2, 0) is 21.2 Å². The van der Waals surface area contributed by atoms with E-state index in [4.69, 9.17) is 0 Å². The van der Waals surface area contributed by atoms with Crippen molar-refractivity contribution in [3.63, 3.8) is 0 Å². The average molecular weight is 427 g/mol. The quantitative estimate of drug-likeness (QED) is 0.769. The number of hydrogen-bond acceptors (Lipinski definition) is 3. The first-order valence-electron chi connectivity index (χ1n) is 10.6. The van der Waals surface area contributed by atoms with Crippen LogP contribution in [0.1, 0.15) is 32.3 Å². The largest absolute Gasteiger partial charge is 0.337 e. The molecule has 2 fully saturated rings. The fraction of sp³-hybridized carbons (Fsp3) is 0.458. The minimum absolute atomic E-state index is 0.100. The number of amides is 1. The molecule has 2 unspecified atom stereocenters. The van der Waals surface area contributed by atoms with Crippen LogP contribution >= 0.6 is 0 Å². The van der Waals surface area contributed by atoms with E-state index in [9.17, 15) is 13.2 Å². The summed E-state index contributed by atoms with van der Waals surface area (Å²) in [5.41, 5.74) is 3.27. The molecule has 1 N–H and O–H groups in total. The normalized spacial score (nSPS) is 22.6. The van der Waals surface area contributed by atoms with Gasteiger partial charge in [-0.25, -0.2) is 13.1 Å². The summed E-state index contributed by atoms with van der Waals surface area (Å²) in [6.07, 6.45) is 3.77. The number of likely N-dealkylation sites (tertiary alicyclic amines) is 1. The van der Waals surface area contributed by atoms with Crippen molar-refractivity contribution in [1.29, 1.82) is 0 Å². The Morgan fingerprint density at radius 2 is 1.77 bits per heavy atom. The van der Waals surface area contributed by atoms with E-state index in [0.717, 1.165) is 29.5 Å². The van der Waals surface area contributed by atoms with Gasteiger partial charge in [-0.15, -0.1) is 0 Å². The van der Waals surface area contributed by atoms with Crippen molar-refractivity contribution < 1.29 is 13.2 Å². The van der Waals surface area contributed by atoms with Gasteiger partial charge in [0, 0.05) is 23.9 Å². The van der Waals surface area contributed by atoms with Gasteiger partial charge in [-0.2, -0.15) is 0 Å². The summed E-state index contributed by atoms with van der Waals surface area (Å²) < 4.78 is 27.2. The molecule has 1 aliphatic carbocycles. The molecule has 160 valence electrons. The highest BCUT2D eigenvalue weighted by Crippen LogP contribution is 2.55. The summed E-state index contributed by atoms with van der Waals surface area (Å²) >= 11 is 0. The zero-order valence-electron chi connectivity index (χ0n) is 17.8. The summed E-state index contributed by atoms with van der Waals surface area (Å²) in [6, 6.07) is 18.1. The third-order valence-corrected chi connectivity index (χ3v) is 7.10. The van der Waals surface area contributed by atoms with Crippen molar-refractivity contribution >= 4 is 15.9 Å². The van der Waals surface area contributed by atoms with Gasteiger partial charge < -0.3 is 4.90 Å². The maximum absolute atomic E-state index is 13.0. The summed E-state index contributed by atoms with van der Waals surface area (Å²) in [5, 5.41) is 0. The maximum Gasteiger partial charge on any atom is 0.225 e. The lowest BCUT2D eigenvalue weighted by atomic mass is 9.91. The Bertz CT molecular complexity index is 1030. The summed E-state index contributed by atoms with van der Waals surface area (Å²) in [6.45, 7) is 4.46. The third-order valence-electron chi connectivity index (χ3n) is 6.42. The molecule has 1 amide bonds. The van der Waals surface area contributed by atoms with Crippen LogP contribution in [0, 0.1) is 11.3 Å². The molecule has 2 aromatic carbocycles. The predicted octanol–water partition coefficient (Wildman–Crippen LogP) is 3.46. The molecule has 0 aromatic heterocycles. The summed E-state index contributed by atoms with van der Waals surface area (Å²) in [7, 11) is -3.37. The molecule has 0 radical (unpaired) electrons. The Hall–Kier alpha value is -2.18. The predicted molar refractivity (Wildman–Crippen MR) is 119 cm³/mol. The number of hydrogen-bond donors (Lipinski definition) is 1. The van der Waals surface area contributed by atoms with Crippen molar-refractivity contribution in [2.24, 2.45) is 11.3 Å². The molecule has 1 aliphatic heterocycles. The highest BCUT2D eigenvalue weighted by Gasteiger charge is 2.61. The Balaban J connectivity index is 1.67. The smallest absolute Gasteiger partial charge is 0.225 e. The fourth-order valence-corrected chi connectivity index (χ4v) is 5.63. The van der Waals surface area contributed by atoms with Crippen molar-refractivity contribution in [1.82, 2.24) is 9.62 Å². The van der Waals surface area contributed by atoms with E-state index >= 15 is 0 Å². The van der Waals surface area contributed by atoms with E-state index in [0.29, 0.717) is 13.0 Å². The van der Waals surface area contributed by atoms with Crippen LogP contribution in [0.4, 0.5) is 0 Å². The van der Waals surface area contributed by atoms with E-state index in [-0.39, 0.29) is 29.3 Å². The molecule has 30 heavy (non-hydrogen) atoms. The van der Waals surface area contributed by atoms with Crippen LogP contribution in [0.25, 0.3) is 11.1 Å². The highest BCUT2D eigenvalue weighted by atomic mass is 32.2. The molecular weight excluding hydrogens is 396 g/mol. The Labute approximate surface area is 179 Å². The number of nitrogens with one attached hydrogen (secondary N) is 1. The van der Waals surface area contributed by atoms with E-state index in [1.807, 2.05) is 43.0 Å². The van der Waals surface area contributed by atoms with Gasteiger partial charge in [0.15, 0.2) is 0 Å². The Morgan fingerprint density at radius 1 is 1.10 bits per heavy atom. The second-order valence-electron chi connectivity index (χ2n) is 9.19. The molecule has 5 nitrogen and oxygen atoms in total. The molecular formula is C24H30N2O3S. The SMILES string of the molecule is CC(C)C(=O)N1CC2(CC2)C(NS(C)(=O)=O)C1Cc1cccc(-c2ccccc2)c1. The molecule has 4 rings (SSSR count). The second kappa shape index (κ2) is 7.82. The molecule has 2 aromatic rings. The highest BCUT2D eigenvalue weighted by molar-refractivity contribution is 7.88. The minimum atomic E-state index is -3.37. The van der Waals surface area contributed by atoms with Gasteiger partial charge in [0.05, 0.1) is 12.3 Å². The number of rotatable bonds is 6. The Morgan fingerprint density at radius 3 is 2.37 bits per heavy atom. The molecule has 1 saturated carbocycles. The Kier molecular flexibility index (Phi) is 5.49. The zero-order valence-corrected chi connectivity index (χ0v) is 18.7. The number of benzene rings is 2. The van der Waals surface area contributed by atoms with Crippen molar-refractivity contribution in [3.8, 4) is 11.1 Å². The molecule has 0 bridgehead atoms. The lowest BCUT2D eigenvalue weighted by molar-refractivity contribution is -0.135. The molecule has 2 aliphatic rings. The zero-order chi connectivity index (χ0) is 21.5. The topological polar surface area (TPSA) is 66.5 Å². The second-order valence-corrected chi connectivity index (χ2v) is 11.0. The molecule has 6 heteroatoms. The van der Waals surface area contributed by atoms with Crippen LogP contribution < -0.4 is 4.72 Å². The molecule has 1 spiro atoms. The van der Waals surface area contributed by atoms with Gasteiger partial charge in [-0.05, 0) is 36.0 Å². The van der Waals surface area contributed by atoms with Gasteiger partial charge >= 0.3 is 0 Å². The molecule has 1 saturated heterocycles. The van der Waals surface area contributed by atoms with E-state index in [1.165, 1.54) is 6.26 Å². The van der Waals surface area contributed by atoms with Gasteiger partial charge in [0.2, 0.25) is 15.9 Å². The minimum Gasteiger partial charge on any atom is -0.337 e. The molecule has 1 heterocycles. The monoisotopic (exact) mass is 426 g/mol. The van der Waals surface area contributed by atoms with Crippen molar-refractivity contribution in [3.05, 3.63) is 60.2 Å². The number of nitrogens with zero attached hydrogens (tertiary/aromatic N) is 1. The van der Waals surface area contributed by atoms with Crippen LogP contribution in [0.2, 0.25) is 0 Å². The van der Waals surface area contributed by atoms with Crippen LogP contribution in [0.15, 0.2) is 54.6 Å². The fourth-order valence-electron chi connectivity index (χ4n) is 4.76. The summed E-state index contributed by atoms with van der Waals surface area (Å²) in [4.78, 5) is 14.9. The van der Waals surface area contributed by atoms with E-state index in [2.05, 4.69) is 35.1 Å². The number of sulfonamides is 1. The maximum atomic E-state index is 13.0. The van der Waals surface area contributed by atoms with Gasteiger partial charge in [-0.3, -0.25) is 4.79 Å². The van der Waals surface area contributed by atoms with E-state index < -0.39 is 10.0 Å². The summed E-state index contributed by atoms with van der Waals surface area (Å²) in [5.74, 6) is -0.0146. The first-order chi connectivity index (χ1) is 14.2. The molecule has 2 atom stereocenters. The van der Waals surface area contributed by atoms with Crippen molar-refractivity contribution in [2.45, 2.75) is 45.2 Å².